The number of hydrogen-bond donors (Lipinski definition) is 0. The number of nitriles is 1. The SMILES string of the molecule is N#CCCN(Cc1ccco1)c1ncnc(N2CC=C(c3ccc(Cl)cc3)CC2)c1[N+](=O)[O-]. The van der Waals surface area contributed by atoms with Crippen LogP contribution in [0.4, 0.5) is 17.3 Å². The van der Waals surface area contributed by atoms with Crippen LogP contribution in [0.2, 0.25) is 5.02 Å². The molecule has 0 N–H and O–H groups in total. The maximum Gasteiger partial charge on any atom is 0.353 e. The molecule has 0 aliphatic carbocycles. The fourth-order valence-electron chi connectivity index (χ4n) is 3.81. The van der Waals surface area contributed by atoms with Gasteiger partial charge in [0.1, 0.15) is 12.1 Å². The number of benzene rings is 1. The zero-order chi connectivity index (χ0) is 23.2. The van der Waals surface area contributed by atoms with Gasteiger partial charge in [0.25, 0.3) is 0 Å². The first-order chi connectivity index (χ1) is 16.1. The van der Waals surface area contributed by atoms with Crippen LogP contribution in [0.15, 0.2) is 59.5 Å². The minimum absolute atomic E-state index is 0.170. The number of furan rings is 1. The molecule has 0 saturated heterocycles. The third-order valence-electron chi connectivity index (χ3n) is 5.41. The van der Waals surface area contributed by atoms with Crippen LogP contribution < -0.4 is 9.80 Å². The van der Waals surface area contributed by atoms with E-state index in [-0.39, 0.29) is 36.8 Å². The Kier molecular flexibility index (Phi) is 6.86. The summed E-state index contributed by atoms with van der Waals surface area (Å²) >= 11 is 5.98. The molecule has 0 fully saturated rings. The smallest absolute Gasteiger partial charge is 0.353 e. The van der Waals surface area contributed by atoms with E-state index in [0.717, 1.165) is 11.1 Å². The minimum Gasteiger partial charge on any atom is -0.467 e. The molecule has 3 aromatic rings. The maximum absolute atomic E-state index is 12.1. The van der Waals surface area contributed by atoms with Gasteiger partial charge in [-0.25, -0.2) is 9.97 Å². The normalized spacial score (nSPS) is 13.3. The Balaban J connectivity index is 1.64. The first kappa shape index (κ1) is 22.3. The molecule has 2 aromatic heterocycles. The number of nitrogens with zero attached hydrogens (tertiary/aromatic N) is 6. The van der Waals surface area contributed by atoms with Crippen molar-refractivity contribution in [2.45, 2.75) is 19.4 Å². The van der Waals surface area contributed by atoms with Gasteiger partial charge in [-0.15, -0.1) is 0 Å². The second-order valence-electron chi connectivity index (χ2n) is 7.47. The van der Waals surface area contributed by atoms with Crippen molar-refractivity contribution in [3.05, 3.63) is 81.5 Å². The van der Waals surface area contributed by atoms with Crippen molar-refractivity contribution in [3.8, 4) is 6.07 Å². The van der Waals surface area contributed by atoms with E-state index in [0.29, 0.717) is 30.3 Å². The summed E-state index contributed by atoms with van der Waals surface area (Å²) in [5.74, 6) is 1.05. The van der Waals surface area contributed by atoms with Crippen LogP contribution in [-0.4, -0.2) is 34.5 Å². The molecule has 3 heterocycles. The zero-order valence-electron chi connectivity index (χ0n) is 17.7. The molecule has 0 saturated carbocycles. The summed E-state index contributed by atoms with van der Waals surface area (Å²) in [6.45, 7) is 1.58. The van der Waals surface area contributed by atoms with Crippen molar-refractivity contribution in [3.63, 3.8) is 0 Å². The van der Waals surface area contributed by atoms with Crippen LogP contribution >= 0.6 is 11.6 Å². The molecule has 0 spiro atoms. The highest BCUT2D eigenvalue weighted by molar-refractivity contribution is 6.30. The number of halogens is 1. The quantitative estimate of drug-likeness (QED) is 0.343. The number of hydrogen-bond acceptors (Lipinski definition) is 8. The van der Waals surface area contributed by atoms with E-state index in [1.54, 1.807) is 17.0 Å². The molecule has 33 heavy (non-hydrogen) atoms. The second-order valence-corrected chi connectivity index (χ2v) is 7.90. The van der Waals surface area contributed by atoms with Gasteiger partial charge >= 0.3 is 5.69 Å². The van der Waals surface area contributed by atoms with Gasteiger partial charge in [-0.05, 0) is 41.8 Å². The van der Waals surface area contributed by atoms with E-state index in [1.807, 2.05) is 29.2 Å². The van der Waals surface area contributed by atoms with Gasteiger partial charge in [-0.3, -0.25) is 10.1 Å². The molecule has 1 aromatic carbocycles. The topological polar surface area (TPSA) is 112 Å². The van der Waals surface area contributed by atoms with Crippen molar-refractivity contribution in [1.82, 2.24) is 9.97 Å². The van der Waals surface area contributed by atoms with Gasteiger partial charge in [-0.2, -0.15) is 5.26 Å². The van der Waals surface area contributed by atoms with Crippen molar-refractivity contribution in [2.24, 2.45) is 0 Å². The summed E-state index contributed by atoms with van der Waals surface area (Å²) in [5.41, 5.74) is 2.07. The Labute approximate surface area is 195 Å². The van der Waals surface area contributed by atoms with Crippen LogP contribution in [0.25, 0.3) is 5.57 Å². The lowest BCUT2D eigenvalue weighted by Crippen LogP contribution is -2.31. The van der Waals surface area contributed by atoms with Gasteiger partial charge in [0.2, 0.25) is 11.6 Å². The standard InChI is InChI=1S/C23H21ClN6O3/c24-19-6-4-17(5-7-19)18-8-12-28(13-9-18)22-21(30(31)32)23(27-16-26-22)29(11-2-10-25)15-20-3-1-14-33-20/h1,3-8,14,16H,2,9,11-13,15H2. The molecule has 0 atom stereocenters. The first-order valence-electron chi connectivity index (χ1n) is 10.4. The highest BCUT2D eigenvalue weighted by Gasteiger charge is 2.31. The molecule has 1 aliphatic rings. The number of nitro groups is 1. The van der Waals surface area contributed by atoms with Gasteiger partial charge in [0.05, 0.1) is 30.2 Å². The van der Waals surface area contributed by atoms with E-state index in [9.17, 15) is 10.1 Å². The average molecular weight is 465 g/mol. The van der Waals surface area contributed by atoms with Crippen LogP contribution in [0.1, 0.15) is 24.2 Å². The Morgan fingerprint density at radius 3 is 2.73 bits per heavy atom. The molecular weight excluding hydrogens is 444 g/mol. The van der Waals surface area contributed by atoms with Gasteiger partial charge in [0.15, 0.2) is 0 Å². The molecule has 1 aliphatic heterocycles. The summed E-state index contributed by atoms with van der Waals surface area (Å²) in [6.07, 6.45) is 5.82. The van der Waals surface area contributed by atoms with Crippen LogP contribution in [0.3, 0.4) is 0 Å². The van der Waals surface area contributed by atoms with Gasteiger partial charge < -0.3 is 14.2 Å². The largest absolute Gasteiger partial charge is 0.467 e. The lowest BCUT2D eigenvalue weighted by atomic mass is 9.99. The van der Waals surface area contributed by atoms with Crippen molar-refractivity contribution >= 4 is 34.5 Å². The lowest BCUT2D eigenvalue weighted by Gasteiger charge is -2.28. The molecule has 4 rings (SSSR count). The molecule has 0 bridgehead atoms. The molecule has 0 radical (unpaired) electrons. The Bertz CT molecular complexity index is 1190. The Morgan fingerprint density at radius 1 is 1.27 bits per heavy atom. The lowest BCUT2D eigenvalue weighted by molar-refractivity contribution is -0.383. The summed E-state index contributed by atoms with van der Waals surface area (Å²) in [5, 5.41) is 21.9. The first-order valence-corrected chi connectivity index (χ1v) is 10.8. The van der Waals surface area contributed by atoms with Gasteiger partial charge in [0, 0.05) is 24.7 Å². The van der Waals surface area contributed by atoms with Gasteiger partial charge in [-0.1, -0.05) is 29.8 Å². The third kappa shape index (κ3) is 5.13. The van der Waals surface area contributed by atoms with E-state index in [1.165, 1.54) is 12.6 Å². The predicted octanol–water partition coefficient (Wildman–Crippen LogP) is 4.85. The van der Waals surface area contributed by atoms with Crippen molar-refractivity contribution in [1.29, 1.82) is 5.26 Å². The number of anilines is 2. The van der Waals surface area contributed by atoms with E-state index in [4.69, 9.17) is 21.3 Å². The zero-order valence-corrected chi connectivity index (χ0v) is 18.5. The van der Waals surface area contributed by atoms with E-state index < -0.39 is 4.92 Å². The number of rotatable bonds is 8. The van der Waals surface area contributed by atoms with Crippen LogP contribution in [-0.2, 0) is 6.54 Å². The van der Waals surface area contributed by atoms with Crippen LogP contribution in [0, 0.1) is 21.4 Å². The highest BCUT2D eigenvalue weighted by atomic mass is 35.5. The van der Waals surface area contributed by atoms with E-state index in [2.05, 4.69) is 22.1 Å². The summed E-state index contributed by atoms with van der Waals surface area (Å²) in [6, 6.07) is 13.2. The van der Waals surface area contributed by atoms with Crippen LogP contribution in [0.5, 0.6) is 0 Å². The fourth-order valence-corrected chi connectivity index (χ4v) is 3.94. The Morgan fingerprint density at radius 2 is 2.09 bits per heavy atom. The second kappa shape index (κ2) is 10.1. The minimum atomic E-state index is -0.454. The average Bonchev–Trinajstić information content (AvgIpc) is 3.35. The summed E-state index contributed by atoms with van der Waals surface area (Å²) in [4.78, 5) is 23.7. The molecule has 0 unspecified atom stereocenters. The van der Waals surface area contributed by atoms with Crippen molar-refractivity contribution in [2.75, 3.05) is 29.4 Å². The monoisotopic (exact) mass is 464 g/mol. The highest BCUT2D eigenvalue weighted by Crippen LogP contribution is 2.36. The number of aromatic nitrogens is 2. The molecule has 168 valence electrons. The fraction of sp³-hybridized carbons (Fsp3) is 0.261. The summed E-state index contributed by atoms with van der Waals surface area (Å²) < 4.78 is 5.41. The molecule has 10 heteroatoms. The summed E-state index contributed by atoms with van der Waals surface area (Å²) in [7, 11) is 0. The molecular formula is C23H21ClN6O3. The van der Waals surface area contributed by atoms with E-state index >= 15 is 0 Å². The molecule has 9 nitrogen and oxygen atoms in total. The van der Waals surface area contributed by atoms with Crippen molar-refractivity contribution < 1.29 is 9.34 Å². The molecule has 0 amide bonds. The third-order valence-corrected chi connectivity index (χ3v) is 5.66. The Hall–Kier alpha value is -3.90. The predicted molar refractivity (Wildman–Crippen MR) is 125 cm³/mol. The maximum atomic E-state index is 12.1.